The van der Waals surface area contributed by atoms with Gasteiger partial charge in [-0.15, -0.1) is 11.8 Å². The molecule has 1 unspecified atom stereocenters. The van der Waals surface area contributed by atoms with E-state index < -0.39 is 10.8 Å². The van der Waals surface area contributed by atoms with Crippen LogP contribution in [0.2, 0.25) is 0 Å². The maximum atomic E-state index is 11.7. The molecule has 1 aliphatic heterocycles. The highest BCUT2D eigenvalue weighted by molar-refractivity contribution is 8.17. The minimum absolute atomic E-state index is 0.339. The van der Waals surface area contributed by atoms with Crippen molar-refractivity contribution in [3.05, 3.63) is 9.81 Å². The first kappa shape index (κ1) is 10.3. The van der Waals surface area contributed by atoms with Crippen LogP contribution in [0.4, 0.5) is 0 Å². The summed E-state index contributed by atoms with van der Waals surface area (Å²) in [6.07, 6.45) is 1.08. The minimum Gasteiger partial charge on any atom is -0.254 e. The molecule has 1 aliphatic rings. The molecule has 0 aromatic heterocycles. The molecule has 3 heteroatoms. The minimum atomic E-state index is -0.731. The molecule has 0 saturated carbocycles. The fraction of sp³-hybridized carbons (Fsp3) is 0.778. The fourth-order valence-electron chi connectivity index (χ4n) is 1.33. The first-order valence-corrected chi connectivity index (χ1v) is 6.36. The summed E-state index contributed by atoms with van der Waals surface area (Å²) in [6, 6.07) is 0. The standard InChI is InChI=1S/C9H16OS2/c1-6(2)9-11-7(3)5-8(4)12(9)10/h7-8H,5H2,1-4H3/t7-,8+,12?/m0/s1. The van der Waals surface area contributed by atoms with E-state index in [2.05, 4.69) is 13.8 Å². The van der Waals surface area contributed by atoms with Gasteiger partial charge in [0.25, 0.3) is 0 Å². The van der Waals surface area contributed by atoms with Crippen molar-refractivity contribution in [3.8, 4) is 0 Å². The van der Waals surface area contributed by atoms with Crippen LogP contribution in [0.5, 0.6) is 0 Å². The predicted molar refractivity (Wildman–Crippen MR) is 57.6 cm³/mol. The van der Waals surface area contributed by atoms with E-state index in [0.29, 0.717) is 10.5 Å². The number of thioether (sulfide) groups is 1. The number of hydrogen-bond acceptors (Lipinski definition) is 2. The maximum absolute atomic E-state index is 11.7. The molecule has 3 atom stereocenters. The van der Waals surface area contributed by atoms with Crippen molar-refractivity contribution in [1.82, 2.24) is 0 Å². The van der Waals surface area contributed by atoms with Gasteiger partial charge in [0.2, 0.25) is 0 Å². The molecule has 0 spiro atoms. The summed E-state index contributed by atoms with van der Waals surface area (Å²) < 4.78 is 12.9. The molecule has 1 fully saturated rings. The Kier molecular flexibility index (Phi) is 3.41. The van der Waals surface area contributed by atoms with Gasteiger partial charge in [-0.3, -0.25) is 4.21 Å². The van der Waals surface area contributed by atoms with Gasteiger partial charge in [0.05, 0.1) is 15.0 Å². The molecule has 1 heterocycles. The van der Waals surface area contributed by atoms with E-state index in [1.54, 1.807) is 11.8 Å². The van der Waals surface area contributed by atoms with Crippen molar-refractivity contribution in [2.45, 2.75) is 44.6 Å². The third-order valence-electron chi connectivity index (χ3n) is 1.93. The topological polar surface area (TPSA) is 17.1 Å². The fourth-order valence-corrected chi connectivity index (χ4v) is 5.04. The normalized spacial score (nSPS) is 36.7. The van der Waals surface area contributed by atoms with Crippen LogP contribution in [0, 0.1) is 0 Å². The third-order valence-corrected chi connectivity index (χ3v) is 5.62. The second-order valence-electron chi connectivity index (χ2n) is 3.56. The summed E-state index contributed by atoms with van der Waals surface area (Å²) in [5.41, 5.74) is 1.22. The van der Waals surface area contributed by atoms with Crippen LogP contribution in [-0.2, 0) is 10.8 Å². The Hall–Kier alpha value is 0.240. The zero-order valence-electron chi connectivity index (χ0n) is 8.09. The zero-order chi connectivity index (χ0) is 9.30. The Bertz CT molecular complexity index is 229. The molecule has 12 heavy (non-hydrogen) atoms. The second-order valence-corrected chi connectivity index (χ2v) is 7.07. The van der Waals surface area contributed by atoms with Gasteiger partial charge in [-0.25, -0.2) is 0 Å². The summed E-state index contributed by atoms with van der Waals surface area (Å²) >= 11 is 1.79. The Balaban J connectivity index is 2.88. The lowest BCUT2D eigenvalue weighted by molar-refractivity contribution is 0.667. The summed E-state index contributed by atoms with van der Waals surface area (Å²) in [7, 11) is -0.731. The summed E-state index contributed by atoms with van der Waals surface area (Å²) in [6.45, 7) is 8.38. The van der Waals surface area contributed by atoms with Crippen molar-refractivity contribution < 1.29 is 4.21 Å². The molecule has 1 saturated heterocycles. The average Bonchev–Trinajstić information content (AvgIpc) is 1.96. The lowest BCUT2D eigenvalue weighted by atomic mass is 10.3. The van der Waals surface area contributed by atoms with Crippen LogP contribution in [0.15, 0.2) is 9.81 Å². The number of hydrogen-bond donors (Lipinski definition) is 0. The molecule has 0 aromatic rings. The summed E-state index contributed by atoms with van der Waals surface area (Å²) in [4.78, 5) is 0. The maximum Gasteiger partial charge on any atom is 0.0707 e. The Morgan fingerprint density at radius 1 is 1.50 bits per heavy atom. The van der Waals surface area contributed by atoms with Gasteiger partial charge >= 0.3 is 0 Å². The van der Waals surface area contributed by atoms with E-state index in [4.69, 9.17) is 0 Å². The largest absolute Gasteiger partial charge is 0.254 e. The van der Waals surface area contributed by atoms with Gasteiger partial charge in [-0.1, -0.05) is 19.4 Å². The van der Waals surface area contributed by atoms with Crippen LogP contribution in [0.1, 0.15) is 34.1 Å². The molecule has 0 bridgehead atoms. The van der Waals surface area contributed by atoms with E-state index in [1.165, 1.54) is 5.57 Å². The van der Waals surface area contributed by atoms with Crippen molar-refractivity contribution in [2.24, 2.45) is 0 Å². The molecule has 70 valence electrons. The van der Waals surface area contributed by atoms with Gasteiger partial charge < -0.3 is 0 Å². The van der Waals surface area contributed by atoms with Crippen molar-refractivity contribution >= 4 is 22.6 Å². The van der Waals surface area contributed by atoms with Crippen LogP contribution in [0.3, 0.4) is 0 Å². The lowest BCUT2D eigenvalue weighted by Crippen LogP contribution is -2.22. The Morgan fingerprint density at radius 3 is 2.58 bits per heavy atom. The smallest absolute Gasteiger partial charge is 0.0707 e. The Labute approximate surface area is 81.5 Å². The first-order chi connectivity index (χ1) is 5.52. The van der Waals surface area contributed by atoms with E-state index >= 15 is 0 Å². The molecule has 0 radical (unpaired) electrons. The van der Waals surface area contributed by atoms with Crippen LogP contribution in [0.25, 0.3) is 0 Å². The second kappa shape index (κ2) is 3.97. The monoisotopic (exact) mass is 204 g/mol. The molecule has 0 N–H and O–H groups in total. The molecule has 1 nitrogen and oxygen atoms in total. The lowest BCUT2D eigenvalue weighted by Gasteiger charge is -2.26. The average molecular weight is 204 g/mol. The van der Waals surface area contributed by atoms with Crippen molar-refractivity contribution in [3.63, 3.8) is 0 Å². The van der Waals surface area contributed by atoms with E-state index in [0.717, 1.165) is 10.7 Å². The zero-order valence-corrected chi connectivity index (χ0v) is 9.72. The van der Waals surface area contributed by atoms with Crippen molar-refractivity contribution in [1.29, 1.82) is 0 Å². The van der Waals surface area contributed by atoms with Crippen LogP contribution < -0.4 is 0 Å². The third kappa shape index (κ3) is 2.13. The van der Waals surface area contributed by atoms with E-state index in [-0.39, 0.29) is 0 Å². The molecule has 0 amide bonds. The highest BCUT2D eigenvalue weighted by Gasteiger charge is 2.27. The number of allylic oxidation sites excluding steroid dienone is 1. The van der Waals surface area contributed by atoms with Gasteiger partial charge in [-0.2, -0.15) is 0 Å². The van der Waals surface area contributed by atoms with Gasteiger partial charge in [0, 0.05) is 10.5 Å². The number of rotatable bonds is 0. The highest BCUT2D eigenvalue weighted by Crippen LogP contribution is 2.37. The summed E-state index contributed by atoms with van der Waals surface area (Å²) in [5, 5.41) is 0.966. The molecule has 0 aromatic carbocycles. The van der Waals surface area contributed by atoms with Gasteiger partial charge in [-0.05, 0) is 20.3 Å². The highest BCUT2D eigenvalue weighted by atomic mass is 32.2. The Morgan fingerprint density at radius 2 is 2.08 bits per heavy atom. The first-order valence-electron chi connectivity index (χ1n) is 4.27. The van der Waals surface area contributed by atoms with Crippen LogP contribution in [-0.4, -0.2) is 14.7 Å². The SMILES string of the molecule is CC(C)=C1S[C@@H](C)C[C@@H](C)S1=O. The van der Waals surface area contributed by atoms with E-state index in [1.807, 2.05) is 13.8 Å². The van der Waals surface area contributed by atoms with Gasteiger partial charge in [0.1, 0.15) is 0 Å². The predicted octanol–water partition coefficient (Wildman–Crippen LogP) is 2.90. The molecule has 1 rings (SSSR count). The summed E-state index contributed by atoms with van der Waals surface area (Å²) in [5.74, 6) is 0. The quantitative estimate of drug-likeness (QED) is 0.603. The van der Waals surface area contributed by atoms with Crippen molar-refractivity contribution in [2.75, 3.05) is 0 Å². The molecule has 0 aliphatic carbocycles. The molecular weight excluding hydrogens is 188 g/mol. The van der Waals surface area contributed by atoms with Crippen LogP contribution >= 0.6 is 11.8 Å². The molecular formula is C9H16OS2. The van der Waals surface area contributed by atoms with Gasteiger partial charge in [0.15, 0.2) is 0 Å². The van der Waals surface area contributed by atoms with E-state index in [9.17, 15) is 4.21 Å².